The fourth-order valence-corrected chi connectivity index (χ4v) is 10.3. The van der Waals surface area contributed by atoms with E-state index < -0.39 is 79.1 Å². The number of ketones is 2. The summed E-state index contributed by atoms with van der Waals surface area (Å²) in [5, 5.41) is 5.15. The van der Waals surface area contributed by atoms with Gasteiger partial charge in [0.05, 0.1) is 14.2 Å². The highest BCUT2D eigenvalue weighted by Crippen LogP contribution is 2.50. The van der Waals surface area contributed by atoms with E-state index >= 15 is 0 Å². The molecule has 2 aliphatic carbocycles. The third-order valence-electron chi connectivity index (χ3n) is 13.9. The average molecular weight is 915 g/mol. The van der Waals surface area contributed by atoms with E-state index in [1.54, 1.807) is 45.9 Å². The number of benzene rings is 2. The molecule has 3 fully saturated rings. The summed E-state index contributed by atoms with van der Waals surface area (Å²) in [5.41, 5.74) is 4.66. The van der Waals surface area contributed by atoms with Gasteiger partial charge < -0.3 is 39.4 Å². The number of alkyl carbamates (subject to hydrolysis) is 2. The maximum absolute atomic E-state index is 14.0. The zero-order valence-corrected chi connectivity index (χ0v) is 39.6. The van der Waals surface area contributed by atoms with Crippen LogP contribution in [-0.2, 0) is 51.0 Å². The lowest BCUT2D eigenvalue weighted by atomic mass is 9.72. The second-order valence-electron chi connectivity index (χ2n) is 19.6. The van der Waals surface area contributed by atoms with Crippen molar-refractivity contribution in [2.75, 3.05) is 40.5 Å². The Morgan fingerprint density at radius 2 is 1.11 bits per heavy atom. The molecule has 4 amide bonds. The molecule has 16 nitrogen and oxygen atoms in total. The molecule has 0 bridgehead atoms. The summed E-state index contributed by atoms with van der Waals surface area (Å²) in [6.07, 6.45) is 6.18. The predicted molar refractivity (Wildman–Crippen MR) is 242 cm³/mol. The molecule has 0 unspecified atom stereocenters. The van der Waals surface area contributed by atoms with E-state index in [0.717, 1.165) is 67.2 Å². The summed E-state index contributed by atoms with van der Waals surface area (Å²) >= 11 is 0. The van der Waals surface area contributed by atoms with Gasteiger partial charge in [0.25, 0.3) is 0 Å². The molecule has 2 aromatic carbocycles. The van der Waals surface area contributed by atoms with Crippen molar-refractivity contribution in [3.05, 3.63) is 58.7 Å². The summed E-state index contributed by atoms with van der Waals surface area (Å²) < 4.78 is 20.6. The molecule has 66 heavy (non-hydrogen) atoms. The second kappa shape index (κ2) is 21.2. The topological polar surface area (TPSA) is 204 Å². The molecular formula is C50H66N4O12. The van der Waals surface area contributed by atoms with Crippen LogP contribution >= 0.6 is 0 Å². The zero-order valence-electron chi connectivity index (χ0n) is 39.6. The molecule has 0 radical (unpaired) electrons. The number of fused-ring (bicyclic) bond motifs is 1. The molecule has 16 heteroatoms. The van der Waals surface area contributed by atoms with Crippen LogP contribution in [0.5, 0.6) is 0 Å². The van der Waals surface area contributed by atoms with Crippen molar-refractivity contribution in [1.29, 1.82) is 0 Å². The lowest BCUT2D eigenvalue weighted by Crippen LogP contribution is -2.54. The second-order valence-corrected chi connectivity index (χ2v) is 19.6. The quantitative estimate of drug-likeness (QED) is 0.118. The Hall–Kier alpha value is -5.80. The van der Waals surface area contributed by atoms with Gasteiger partial charge >= 0.3 is 24.1 Å². The number of hydrogen-bond donors (Lipinski definition) is 2. The Morgan fingerprint density at radius 1 is 0.636 bits per heavy atom. The first-order valence-corrected chi connectivity index (χ1v) is 23.3. The fraction of sp³-hybridized carbons (Fsp3) is 0.600. The number of esters is 2. The van der Waals surface area contributed by atoms with Gasteiger partial charge in [0, 0.05) is 24.2 Å². The Morgan fingerprint density at radius 3 is 1.58 bits per heavy atom. The van der Waals surface area contributed by atoms with Crippen LogP contribution in [0.3, 0.4) is 0 Å². The van der Waals surface area contributed by atoms with Crippen LogP contribution in [0, 0.1) is 29.1 Å². The first-order valence-electron chi connectivity index (χ1n) is 23.3. The van der Waals surface area contributed by atoms with Crippen LogP contribution in [0.1, 0.15) is 118 Å². The molecule has 2 heterocycles. The minimum absolute atomic E-state index is 0.00107. The van der Waals surface area contributed by atoms with Gasteiger partial charge in [-0.2, -0.15) is 0 Å². The number of ether oxygens (including phenoxy) is 4. The molecule has 0 aromatic heterocycles. The van der Waals surface area contributed by atoms with Gasteiger partial charge in [-0.05, 0) is 89.9 Å². The van der Waals surface area contributed by atoms with Crippen LogP contribution in [-0.4, -0.2) is 122 Å². The molecular weight excluding hydrogens is 849 g/mol. The highest BCUT2D eigenvalue weighted by atomic mass is 16.6. The maximum atomic E-state index is 14.0. The maximum Gasteiger partial charge on any atom is 0.407 e. The smallest absolute Gasteiger partial charge is 0.407 e. The molecule has 1 saturated carbocycles. The number of amides is 4. The Labute approximate surface area is 387 Å². The zero-order chi connectivity index (χ0) is 48.0. The summed E-state index contributed by atoms with van der Waals surface area (Å²) in [6, 6.07) is 7.15. The summed E-state index contributed by atoms with van der Waals surface area (Å²) in [6.45, 7) is 10.6. The lowest BCUT2D eigenvalue weighted by molar-refractivity contribution is -0.153. The van der Waals surface area contributed by atoms with Crippen LogP contribution in [0.15, 0.2) is 36.4 Å². The van der Waals surface area contributed by atoms with Crippen molar-refractivity contribution in [2.24, 2.45) is 29.1 Å². The Kier molecular flexibility index (Phi) is 16.0. The number of carbonyl (C=O) groups excluding carboxylic acids is 8. The van der Waals surface area contributed by atoms with Crippen molar-refractivity contribution in [3.8, 4) is 11.1 Å². The fourth-order valence-electron chi connectivity index (χ4n) is 10.3. The SMILES string of the molecule is COC(=O)N[C@H](C(=O)N1C[C@@H](C)C[C@H]1C(=O)OCC(=O)c1ccc(-c2ccc(C(=O)COC(=O)[C@@H]3C[C@H](C)CN3C(=O)[C@@H](NC(=O)OC)C(C)C)c3c2CC2(CCCCC2)C3)cc1)C(C)C. The van der Waals surface area contributed by atoms with Crippen LogP contribution in [0.25, 0.3) is 11.1 Å². The predicted octanol–water partition coefficient (Wildman–Crippen LogP) is 6.09. The minimum atomic E-state index is -0.908. The van der Waals surface area contributed by atoms with E-state index in [0.29, 0.717) is 37.1 Å². The molecule has 6 rings (SSSR count). The van der Waals surface area contributed by atoms with E-state index in [-0.39, 0.29) is 34.9 Å². The lowest BCUT2D eigenvalue weighted by Gasteiger charge is -2.33. The highest BCUT2D eigenvalue weighted by molar-refractivity contribution is 6.02. The Bertz CT molecular complexity index is 2180. The number of hydrogen-bond acceptors (Lipinski definition) is 12. The molecule has 2 aliphatic heterocycles. The summed E-state index contributed by atoms with van der Waals surface area (Å²) in [5.74, 6) is -3.49. The van der Waals surface area contributed by atoms with Crippen molar-refractivity contribution < 1.29 is 57.3 Å². The van der Waals surface area contributed by atoms with Crippen molar-refractivity contribution in [2.45, 2.75) is 123 Å². The van der Waals surface area contributed by atoms with Gasteiger partial charge in [0.2, 0.25) is 17.6 Å². The molecule has 6 atom stereocenters. The third-order valence-corrected chi connectivity index (χ3v) is 13.9. The van der Waals surface area contributed by atoms with E-state index in [1.165, 1.54) is 24.0 Å². The summed E-state index contributed by atoms with van der Waals surface area (Å²) in [4.78, 5) is 108. The first kappa shape index (κ1) is 49.6. The molecule has 2 saturated heterocycles. The molecule has 4 aliphatic rings. The normalized spacial score (nSPS) is 21.8. The van der Waals surface area contributed by atoms with Gasteiger partial charge in [0.1, 0.15) is 24.2 Å². The molecule has 2 N–H and O–H groups in total. The number of methoxy groups -OCH3 is 2. The van der Waals surface area contributed by atoms with Crippen molar-refractivity contribution in [1.82, 2.24) is 20.4 Å². The third kappa shape index (κ3) is 11.1. The highest BCUT2D eigenvalue weighted by Gasteiger charge is 2.45. The minimum Gasteiger partial charge on any atom is -0.456 e. The largest absolute Gasteiger partial charge is 0.456 e. The van der Waals surface area contributed by atoms with Crippen LogP contribution in [0.2, 0.25) is 0 Å². The number of likely N-dealkylation sites (tertiary alicyclic amines) is 2. The van der Waals surface area contributed by atoms with E-state index in [4.69, 9.17) is 18.9 Å². The van der Waals surface area contributed by atoms with E-state index in [1.807, 2.05) is 32.0 Å². The molecule has 1 spiro atoms. The first-order chi connectivity index (χ1) is 31.4. The van der Waals surface area contributed by atoms with Gasteiger partial charge in [0.15, 0.2) is 19.0 Å². The Balaban J connectivity index is 1.14. The van der Waals surface area contributed by atoms with E-state index in [9.17, 15) is 38.4 Å². The number of carbonyl (C=O) groups is 8. The number of Topliss-reactive ketones (excluding diaryl/α,β-unsaturated/α-hetero) is 2. The standard InChI is InChI=1S/C50H66N4O12/c1-28(2)42(51-48(61)63-7)44(57)53-24-30(5)20-38(53)46(59)65-26-40(55)33-14-12-32(13-15-33)34-16-17-35(37-23-50(22-36(34)37)18-10-9-11-19-50)41(56)27-66-47(60)39-21-31(6)25-54(39)45(58)43(29(3)4)52-49(62)64-8/h12-17,28-31,38-39,42-43H,9-11,18-27H2,1-8H3,(H,51,61)(H,52,62)/t30-,31-,38-,39-,42-,43-/m0/s1. The average Bonchev–Trinajstić information content (AvgIpc) is 4.01. The number of rotatable bonds is 15. The van der Waals surface area contributed by atoms with Gasteiger partial charge in [-0.15, -0.1) is 0 Å². The van der Waals surface area contributed by atoms with Crippen LogP contribution < -0.4 is 10.6 Å². The van der Waals surface area contributed by atoms with Crippen LogP contribution in [0.4, 0.5) is 9.59 Å². The summed E-state index contributed by atoms with van der Waals surface area (Å²) in [7, 11) is 2.43. The van der Waals surface area contributed by atoms with E-state index in [2.05, 4.69) is 10.6 Å². The van der Waals surface area contributed by atoms with Crippen molar-refractivity contribution in [3.63, 3.8) is 0 Å². The van der Waals surface area contributed by atoms with Gasteiger partial charge in [-0.3, -0.25) is 19.2 Å². The monoisotopic (exact) mass is 914 g/mol. The number of nitrogens with one attached hydrogen (secondary N) is 2. The van der Waals surface area contributed by atoms with Crippen molar-refractivity contribution >= 4 is 47.5 Å². The molecule has 2 aromatic rings. The van der Waals surface area contributed by atoms with Gasteiger partial charge in [-0.25, -0.2) is 19.2 Å². The number of nitrogens with zero attached hydrogens (tertiary/aromatic N) is 2. The van der Waals surface area contributed by atoms with Gasteiger partial charge in [-0.1, -0.05) is 97.2 Å². The molecule has 358 valence electrons.